The van der Waals surface area contributed by atoms with Crippen molar-refractivity contribution in [3.8, 4) is 0 Å². The van der Waals surface area contributed by atoms with E-state index in [1.54, 1.807) is 188 Å². The second kappa shape index (κ2) is 60.1. The zero-order valence-electron chi connectivity index (χ0n) is 54.1. The van der Waals surface area contributed by atoms with Crippen LogP contribution >= 0.6 is 0 Å². The van der Waals surface area contributed by atoms with Crippen LogP contribution in [0.2, 0.25) is 0 Å². The lowest BCUT2D eigenvalue weighted by molar-refractivity contribution is 0.0584. The van der Waals surface area contributed by atoms with Crippen LogP contribution in [0.3, 0.4) is 0 Å². The van der Waals surface area contributed by atoms with E-state index in [0.29, 0.717) is 46.2 Å². The maximum Gasteiger partial charge on any atom is 0.335 e. The topological polar surface area (TPSA) is 386 Å². The Morgan fingerprint density at radius 3 is 0.685 bits per heavy atom. The van der Waals surface area contributed by atoms with Crippen LogP contribution in [-0.4, -0.2) is 158 Å². The van der Waals surface area contributed by atoms with Gasteiger partial charge in [0.15, 0.2) is 0 Å². The number of aliphatic hydroxyl groups is 8. The van der Waals surface area contributed by atoms with Crippen molar-refractivity contribution in [3.05, 3.63) is 228 Å². The molecule has 0 fully saturated rings. The minimum atomic E-state index is -0.879. The van der Waals surface area contributed by atoms with Crippen molar-refractivity contribution in [3.63, 3.8) is 0 Å². The summed E-state index contributed by atoms with van der Waals surface area (Å²) in [6.45, 7) is 17.5. The molecule has 0 amide bonds. The number of carboxylic acids is 6. The molecule has 0 spiro atoms. The Bertz CT molecular complexity index is 2330. The van der Waals surface area contributed by atoms with E-state index in [2.05, 4.69) is 13.5 Å². The molecule has 0 saturated heterocycles. The molecule has 0 saturated carbocycles. The predicted octanol–water partition coefficient (Wildman–Crippen LogP) is 12.0. The number of hydrogen-bond donors (Lipinski definition) is 14. The molecule has 0 heterocycles. The molecular formula is C72H102O20. The first-order chi connectivity index (χ1) is 43.8. The summed E-state index contributed by atoms with van der Waals surface area (Å²) in [6.07, 6.45) is 7.98. The second-order valence-electron chi connectivity index (χ2n) is 20.0. The first-order valence-electron chi connectivity index (χ1n) is 30.3. The molecule has 510 valence electrons. The molecule has 0 aliphatic rings. The fourth-order valence-electron chi connectivity index (χ4n) is 6.97. The van der Waals surface area contributed by atoms with Gasteiger partial charge in [0.05, 0.1) is 57.8 Å². The summed E-state index contributed by atoms with van der Waals surface area (Å²) in [4.78, 5) is 61.2. The van der Waals surface area contributed by atoms with E-state index in [4.69, 9.17) is 61.3 Å². The number of carboxylic acid groups (broad SMARTS) is 6. The van der Waals surface area contributed by atoms with Crippen molar-refractivity contribution in [2.24, 2.45) is 23.7 Å². The predicted molar refractivity (Wildman–Crippen MR) is 358 cm³/mol. The fourth-order valence-corrected chi connectivity index (χ4v) is 6.97. The zero-order chi connectivity index (χ0) is 70.7. The summed E-state index contributed by atoms with van der Waals surface area (Å²) >= 11 is 0. The van der Waals surface area contributed by atoms with Crippen LogP contribution in [0.4, 0.5) is 0 Å². The van der Waals surface area contributed by atoms with E-state index in [0.717, 1.165) is 44.9 Å². The average Bonchev–Trinajstić information content (AvgIpc) is 3.67. The normalized spacial score (nSPS) is 12.2. The molecule has 0 aliphatic heterocycles. The van der Waals surface area contributed by atoms with Crippen LogP contribution in [0.1, 0.15) is 168 Å². The summed E-state index contributed by atoms with van der Waals surface area (Å²) in [5.74, 6) is -5.10. The lowest BCUT2D eigenvalue weighted by atomic mass is 9.95. The lowest BCUT2D eigenvalue weighted by Gasteiger charge is -2.18. The Morgan fingerprint density at radius 1 is 0.337 bits per heavy atom. The minimum absolute atomic E-state index is 0.0255. The summed E-state index contributed by atoms with van der Waals surface area (Å²) in [7, 11) is 0. The molecule has 20 heteroatoms. The van der Waals surface area contributed by atoms with E-state index in [1.165, 1.54) is 0 Å². The molecule has 92 heavy (non-hydrogen) atoms. The number of rotatable bonds is 24. The van der Waals surface area contributed by atoms with E-state index in [1.807, 2.05) is 41.5 Å². The number of hydrogen-bond acceptors (Lipinski definition) is 14. The molecule has 0 aromatic heterocycles. The van der Waals surface area contributed by atoms with Gasteiger partial charge >= 0.3 is 35.8 Å². The van der Waals surface area contributed by atoms with E-state index in [9.17, 15) is 39.0 Å². The average molecular weight is 1290 g/mol. The Morgan fingerprint density at radius 2 is 0.554 bits per heavy atom. The highest BCUT2D eigenvalue weighted by Gasteiger charge is 2.16. The molecule has 6 aromatic carbocycles. The van der Waals surface area contributed by atoms with Crippen molar-refractivity contribution in [2.45, 2.75) is 131 Å². The summed E-state index contributed by atoms with van der Waals surface area (Å²) in [5.41, 5.74) is 1.99. The van der Waals surface area contributed by atoms with Crippen LogP contribution in [0.25, 0.3) is 0 Å². The maximum atomic E-state index is 10.2. The van der Waals surface area contributed by atoms with Crippen molar-refractivity contribution in [1.82, 2.24) is 0 Å². The Balaban J connectivity index is -0.000000468. The Labute approximate surface area is 542 Å². The van der Waals surface area contributed by atoms with Gasteiger partial charge < -0.3 is 71.5 Å². The number of aromatic carboxylic acids is 6. The van der Waals surface area contributed by atoms with Crippen molar-refractivity contribution in [1.29, 1.82) is 0 Å². The van der Waals surface area contributed by atoms with Crippen LogP contribution in [0.5, 0.6) is 0 Å². The monoisotopic (exact) mass is 1290 g/mol. The van der Waals surface area contributed by atoms with Gasteiger partial charge in [-0.05, 0) is 118 Å². The van der Waals surface area contributed by atoms with Gasteiger partial charge in [0.2, 0.25) is 0 Å². The molecule has 6 aromatic rings. The van der Waals surface area contributed by atoms with Crippen molar-refractivity contribution >= 4 is 35.8 Å². The molecule has 14 N–H and O–H groups in total. The van der Waals surface area contributed by atoms with E-state index < -0.39 is 35.8 Å². The third-order valence-electron chi connectivity index (χ3n) is 13.0. The van der Waals surface area contributed by atoms with Crippen LogP contribution in [0.15, 0.2) is 195 Å². The highest BCUT2D eigenvalue weighted by molar-refractivity contribution is 5.89. The number of benzene rings is 6. The fraction of sp³-hybridized carbons (Fsp3) is 0.389. The van der Waals surface area contributed by atoms with Crippen LogP contribution < -0.4 is 0 Å². The lowest BCUT2D eigenvalue weighted by Crippen LogP contribution is -2.22. The largest absolute Gasteiger partial charge is 0.478 e. The molecular weight excluding hydrogens is 1180 g/mol. The van der Waals surface area contributed by atoms with Gasteiger partial charge in [-0.15, -0.1) is 6.58 Å². The Kier molecular flexibility index (Phi) is 58.8. The van der Waals surface area contributed by atoms with Crippen molar-refractivity contribution in [2.75, 3.05) is 26.4 Å². The van der Waals surface area contributed by atoms with Gasteiger partial charge in [0.25, 0.3) is 0 Å². The quantitative estimate of drug-likeness (QED) is 0.0250. The molecule has 20 nitrogen and oxygen atoms in total. The SMILES string of the molecule is C=CCC(CO)C(O)CC.CCC(O)C(C)CO.CCC(O)C(CC)CO.CCCCC(CO)C(O)CC.O=C(O)c1ccccc1.O=C(O)c1ccccc1.O=C(O)c1ccccc1.O=C(O)c1ccccc1.O=C(O)c1ccccc1.O=C(O)c1ccccc1. The van der Waals surface area contributed by atoms with Gasteiger partial charge in [-0.3, -0.25) is 0 Å². The van der Waals surface area contributed by atoms with Crippen molar-refractivity contribution < 1.29 is 100 Å². The first-order valence-corrected chi connectivity index (χ1v) is 30.3. The second-order valence-corrected chi connectivity index (χ2v) is 20.0. The first kappa shape index (κ1) is 90.0. The van der Waals surface area contributed by atoms with Gasteiger partial charge in [0, 0.05) is 50.1 Å². The zero-order valence-corrected chi connectivity index (χ0v) is 54.1. The van der Waals surface area contributed by atoms with E-state index >= 15 is 0 Å². The Hall–Kier alpha value is -8.44. The number of carbonyl (C=O) groups is 6. The number of aliphatic hydroxyl groups excluding tert-OH is 8. The summed E-state index contributed by atoms with van der Waals surface area (Å²) in [5, 5.41) is 122. The number of unbranched alkanes of at least 4 members (excludes halogenated alkanes) is 1. The summed E-state index contributed by atoms with van der Waals surface area (Å²) in [6, 6.07) is 49.8. The highest BCUT2D eigenvalue weighted by atomic mass is 16.4. The smallest absolute Gasteiger partial charge is 0.335 e. The molecule has 0 aliphatic carbocycles. The van der Waals surface area contributed by atoms with E-state index in [-0.39, 0.29) is 74.5 Å². The molecule has 0 bridgehead atoms. The standard InChI is InChI=1S/C9H20O2.C8H16O2.6C7H6O2.C7H16O2.C6H14O2/c1-3-5-6-8(7-10)9(11)4-2;1-3-5-7(6-9)8(10)4-2;6*8-7(9)6-4-2-1-3-5-6;1-3-6(5-8)7(9)4-2;1-3-6(8)5(2)4-7/h8-11H,3-7H2,1-2H3;3,7-10H,1,4-6H2,2H3;6*1-5H,(H,8,9);6-9H,3-5H2,1-2H3;5-8H,3-4H2,1-2H3. The van der Waals surface area contributed by atoms with Gasteiger partial charge in [-0.25, -0.2) is 28.8 Å². The maximum absolute atomic E-state index is 10.2. The summed E-state index contributed by atoms with van der Waals surface area (Å²) < 4.78 is 0. The minimum Gasteiger partial charge on any atom is -0.478 e. The van der Waals surface area contributed by atoms with Gasteiger partial charge in [-0.2, -0.15) is 0 Å². The molecule has 0 radical (unpaired) electrons. The molecule has 6 rings (SSSR count). The third kappa shape index (κ3) is 48.4. The van der Waals surface area contributed by atoms with Gasteiger partial charge in [-0.1, -0.05) is 177 Å². The third-order valence-corrected chi connectivity index (χ3v) is 13.0. The molecule has 8 unspecified atom stereocenters. The van der Waals surface area contributed by atoms with Crippen LogP contribution in [-0.2, 0) is 0 Å². The van der Waals surface area contributed by atoms with Gasteiger partial charge in [0.1, 0.15) is 0 Å². The van der Waals surface area contributed by atoms with Crippen LogP contribution in [0, 0.1) is 23.7 Å². The number of allylic oxidation sites excluding steroid dienone is 1. The highest BCUT2D eigenvalue weighted by Crippen LogP contribution is 2.15. The molecule has 8 atom stereocenters.